The van der Waals surface area contributed by atoms with Crippen LogP contribution in [-0.4, -0.2) is 428 Å². The van der Waals surface area contributed by atoms with Crippen molar-refractivity contribution in [1.82, 2.24) is 0 Å². The molecule has 45 nitrogen and oxygen atoms in total. The molecule has 0 radical (unpaired) electrons. The third kappa shape index (κ3) is 16.8. The molecule has 47 heteroatoms. The molecule has 0 aromatic heterocycles. The molecule has 22 N–H and O–H groups in total. The fourth-order valence-corrected chi connectivity index (χ4v) is 15.6. The van der Waals surface area contributed by atoms with Crippen LogP contribution in [0.3, 0.4) is 0 Å². The van der Waals surface area contributed by atoms with E-state index in [2.05, 4.69) is 0 Å². The average Bonchev–Trinajstić information content (AvgIpc) is 0.787. The lowest BCUT2D eigenvalue weighted by molar-refractivity contribution is -0.403. The maximum absolute atomic E-state index is 14.1. The molecule has 0 spiro atoms. The molecule has 40 atom stereocenters. The highest BCUT2D eigenvalue weighted by Gasteiger charge is 2.61. The van der Waals surface area contributed by atoms with Gasteiger partial charge in [0.1, 0.15) is 207 Å². The highest BCUT2D eigenvalue weighted by Crippen LogP contribution is 2.41. The van der Waals surface area contributed by atoms with Gasteiger partial charge in [-0.1, -0.05) is 0 Å². The summed E-state index contributed by atoms with van der Waals surface area (Å²) in [5.74, 6) is -0.186. The Balaban J connectivity index is 0.928. The van der Waals surface area contributed by atoms with E-state index in [9.17, 15) is 129 Å². The van der Waals surface area contributed by atoms with Crippen LogP contribution in [0.15, 0.2) is 58.3 Å². The summed E-state index contributed by atoms with van der Waals surface area (Å²) in [5, 5.41) is 251. The van der Waals surface area contributed by atoms with Gasteiger partial charge in [-0.2, -0.15) is 16.8 Å². The lowest BCUT2D eigenvalue weighted by Crippen LogP contribution is -2.69. The third-order valence-electron chi connectivity index (χ3n) is 19.8. The normalized spacial score (nSPS) is 49.4. The highest BCUT2D eigenvalue weighted by molar-refractivity contribution is 7.87. The Hall–Kier alpha value is -3.46. The van der Waals surface area contributed by atoms with E-state index in [4.69, 9.17) is 88.9 Å². The van der Waals surface area contributed by atoms with E-state index in [0.717, 1.165) is 48.5 Å². The Morgan fingerprint density at radius 3 is 0.617 bits per heavy atom. The molecule has 0 saturated carbocycles. The third-order valence-corrected chi connectivity index (χ3v) is 22.4. The summed E-state index contributed by atoms with van der Waals surface area (Å²) in [7, 11) is -10.0. The summed E-state index contributed by atoms with van der Waals surface area (Å²) in [4.78, 5) is -1.22. The quantitative estimate of drug-likeness (QED) is 0.119. The van der Waals surface area contributed by atoms with E-state index in [1.807, 2.05) is 0 Å². The van der Waals surface area contributed by atoms with Crippen LogP contribution in [0.4, 0.5) is 0 Å². The van der Waals surface area contributed by atoms with Crippen LogP contribution < -0.4 is 4.74 Å². The Labute approximate surface area is 604 Å². The van der Waals surface area contributed by atoms with Crippen molar-refractivity contribution in [3.63, 3.8) is 0 Å². The number of fused-ring (bicyclic) bond motifs is 2. The fraction of sp³-hybridized carbons (Fsp3) is 0.800. The van der Waals surface area contributed by atoms with Gasteiger partial charge < -0.3 is 193 Å². The first kappa shape index (κ1) is 83.0. The van der Waals surface area contributed by atoms with Crippen LogP contribution in [0.25, 0.3) is 0 Å². The number of aliphatic hydroxyl groups excluding tert-OH is 22. The molecule has 20 bridgehead atoms. The SMILES string of the molecule is O=S1(=O)OC[C@H]2O[C@@H]3O[C@H]4[C@H](O)[C@@H](O)[C@@H](O[C@H]5[C@H](O)[C@@H](O)[C@@H](O[C@H]6[C@H](O)[C@@H](O)[C@@H](O[C@H]7[C@H](O)[C@@H](O)[C@@H](O[C@H]8[C@H](O)[C@@H](O)[C@@H](O[C@H]9[C@H](O)[C@@H](O)[C@@H](O[C@H]%10[C@H](O)[C@@H](O)[C@@H](O[C@H]2[C@H](O)[C@H]3O)O[C@@H]%10CO)O[C@@H]9CO)O[C@@H]8CO)O[C@@H]7COS(=O)(=O)c2ccc(cc2)Oc2ccc1cc2)O[C@@H]6CO)O[C@@H]5CO)O[C@@H]4CO. The zero-order valence-corrected chi connectivity index (χ0v) is 57.0. The van der Waals surface area contributed by atoms with Crippen LogP contribution in [0, 0.1) is 0 Å². The molecule has 24 aliphatic heterocycles. The van der Waals surface area contributed by atoms with Gasteiger partial charge in [-0.3, -0.25) is 8.37 Å². The first-order valence-electron chi connectivity index (χ1n) is 33.5. The van der Waals surface area contributed by atoms with Gasteiger partial charge in [-0.15, -0.1) is 0 Å². The number of hydrogen-bond donors (Lipinski definition) is 22. The molecule has 24 heterocycles. The van der Waals surface area contributed by atoms with Crippen LogP contribution in [0.1, 0.15) is 0 Å². The molecule has 107 heavy (non-hydrogen) atoms. The van der Waals surface area contributed by atoms with E-state index in [1.54, 1.807) is 0 Å². The predicted octanol–water partition coefficient (Wildman–Crippen LogP) is -14.5. The summed E-state index contributed by atoms with van der Waals surface area (Å²) in [6.07, 6.45) is -88.4. The maximum atomic E-state index is 14.1. The van der Waals surface area contributed by atoms with Gasteiger partial charge in [0, 0.05) is 0 Å². The first-order chi connectivity index (χ1) is 50.8. The van der Waals surface area contributed by atoms with Crippen LogP contribution in [-0.2, 0) is 104 Å². The van der Waals surface area contributed by atoms with Crippen molar-refractivity contribution in [1.29, 1.82) is 0 Å². The lowest BCUT2D eigenvalue weighted by atomic mass is 9.94. The van der Waals surface area contributed by atoms with Crippen molar-refractivity contribution < 1.29 is 218 Å². The van der Waals surface area contributed by atoms with Gasteiger partial charge in [0.05, 0.1) is 62.6 Å². The molecule has 8 saturated heterocycles. The number of benzene rings is 2. The maximum Gasteiger partial charge on any atom is 0.297 e. The van der Waals surface area contributed by atoms with Gasteiger partial charge in [0.15, 0.2) is 50.3 Å². The summed E-state index contributed by atoms with van der Waals surface area (Å²) in [6.45, 7) is -9.59. The molecule has 8 fully saturated rings. The van der Waals surface area contributed by atoms with Crippen LogP contribution in [0.2, 0.25) is 0 Å². The Morgan fingerprint density at radius 2 is 0.421 bits per heavy atom. The minimum absolute atomic E-state index is 0.0928. The van der Waals surface area contributed by atoms with E-state index in [-0.39, 0.29) is 11.5 Å². The zero-order valence-electron chi connectivity index (χ0n) is 55.4. The second-order valence-electron chi connectivity index (χ2n) is 26.6. The number of aliphatic hydroxyl groups is 22. The molecule has 2 aromatic rings. The second kappa shape index (κ2) is 34.3. The van der Waals surface area contributed by atoms with Gasteiger partial charge in [-0.25, -0.2) is 0 Å². The Bertz CT molecular complexity index is 3200. The smallest absolute Gasteiger partial charge is 0.297 e. The largest absolute Gasteiger partial charge is 0.457 e. The van der Waals surface area contributed by atoms with Crippen molar-refractivity contribution in [3.05, 3.63) is 48.5 Å². The van der Waals surface area contributed by atoms with Crippen LogP contribution in [0.5, 0.6) is 11.5 Å². The molecule has 24 aliphatic rings. The number of ether oxygens (including phenoxy) is 17. The van der Waals surface area contributed by atoms with E-state index >= 15 is 0 Å². The van der Waals surface area contributed by atoms with Gasteiger partial charge >= 0.3 is 0 Å². The van der Waals surface area contributed by atoms with E-state index < -0.39 is 329 Å². The monoisotopic (exact) mass is 1590 g/mol. The molecule has 0 aliphatic carbocycles. The van der Waals surface area contributed by atoms with E-state index in [0.29, 0.717) is 0 Å². The zero-order chi connectivity index (χ0) is 77.2. The summed E-state index contributed by atoms with van der Waals surface area (Å²) < 4.78 is 166. The minimum atomic E-state index is -5.02. The molecule has 2 aromatic carbocycles. The fourth-order valence-electron chi connectivity index (χ4n) is 13.8. The first-order valence-corrected chi connectivity index (χ1v) is 36.4. The van der Waals surface area contributed by atoms with Crippen molar-refractivity contribution in [2.75, 3.05) is 52.9 Å². The average molecular weight is 1590 g/mol. The van der Waals surface area contributed by atoms with Gasteiger partial charge in [0.25, 0.3) is 20.2 Å². The topological polar surface area (TPSA) is 689 Å². The molecular weight excluding hydrogens is 1500 g/mol. The Morgan fingerprint density at radius 1 is 0.243 bits per heavy atom. The summed E-state index contributed by atoms with van der Waals surface area (Å²) >= 11 is 0. The molecule has 26 rings (SSSR count). The molecule has 608 valence electrons. The number of rotatable bonds is 6. The van der Waals surface area contributed by atoms with Crippen molar-refractivity contribution >= 4 is 20.2 Å². The second-order valence-corrected chi connectivity index (χ2v) is 29.8. The molecular formula is C60H86O45S2. The predicted molar refractivity (Wildman–Crippen MR) is 326 cm³/mol. The highest BCUT2D eigenvalue weighted by atomic mass is 32.2. The molecule has 0 amide bonds. The summed E-state index contributed by atoms with van der Waals surface area (Å²) in [6, 6.07) is 8.31. The van der Waals surface area contributed by atoms with Crippen LogP contribution >= 0.6 is 0 Å². The standard InChI is InChI=1S/C60H86O45S2/c61-9-21-45-30(68)38(76)54(91-21)101-48-24(12-64)95-58(42(80)34(48)72)105-52-28-16-88-107(85,86)20-7-3-18(4-8-20)89-17-1-5-19(6-2-17)106(83,84)87-15-27-51(35(73)43(81)59(96-27)102-49-25(13-65)92-55(98-45)39(77)31(49)69)104-57-41(79)33(71)47(23(11-63)94-57)100-53-37(75)29(67)46(22(10-62)90-53)99-56-40(78)32(70)50(26(14-66)93-56)103-60(97-28)44(82)36(52)74/h1-8,21-82H,9-16H2/t21-,22-,23-,24-,25-,26-,27-,28-,29-,30-,31-,32-,33-,34-,35-,36-,37-,38-,39-,40-,41-,42-,43-,44-,45-,46-,47-,48-,49-,50-,51-,52-,53-,54-,55-,56-,57-,58-,59-,60-/m1/s1. The van der Waals surface area contributed by atoms with Crippen molar-refractivity contribution in [3.8, 4) is 11.5 Å². The summed E-state index contributed by atoms with van der Waals surface area (Å²) in [5.41, 5.74) is 0. The molecule has 0 unspecified atom stereocenters. The minimum Gasteiger partial charge on any atom is -0.457 e. The van der Waals surface area contributed by atoms with Crippen molar-refractivity contribution in [2.24, 2.45) is 0 Å². The van der Waals surface area contributed by atoms with E-state index in [1.165, 1.54) is 0 Å². The number of hydrogen-bond acceptors (Lipinski definition) is 45. The Kier molecular flexibility index (Phi) is 26.6. The van der Waals surface area contributed by atoms with Crippen molar-refractivity contribution in [2.45, 2.75) is 255 Å². The van der Waals surface area contributed by atoms with Gasteiger partial charge in [0.2, 0.25) is 0 Å². The van der Waals surface area contributed by atoms with Gasteiger partial charge in [-0.05, 0) is 48.5 Å². The lowest BCUT2D eigenvalue weighted by Gasteiger charge is -2.50.